The van der Waals surface area contributed by atoms with E-state index in [0.29, 0.717) is 5.82 Å². The minimum atomic E-state index is 0. The van der Waals surface area contributed by atoms with Crippen LogP contribution in [0.15, 0.2) is 18.2 Å². The van der Waals surface area contributed by atoms with Crippen molar-refractivity contribution in [3.8, 4) is 0 Å². The first-order valence-corrected chi connectivity index (χ1v) is 12.4. The van der Waals surface area contributed by atoms with Gasteiger partial charge in [0.1, 0.15) is 11.5 Å². The van der Waals surface area contributed by atoms with Crippen LogP contribution in [0.1, 0.15) is 64.9 Å². The van der Waals surface area contributed by atoms with Crippen LogP contribution in [0.2, 0.25) is 0 Å². The van der Waals surface area contributed by atoms with Crippen LogP contribution in [0, 0.1) is 5.41 Å². The Bertz CT molecular complexity index is 873. The van der Waals surface area contributed by atoms with E-state index in [1.54, 1.807) is 0 Å². The molecule has 5 nitrogen and oxygen atoms in total. The van der Waals surface area contributed by atoms with Crippen LogP contribution in [-0.4, -0.2) is 41.9 Å². The standard InChI is InChI=1S/C25H41N5S.W/c1-5-6-11-21-28-22-19-13-12-18(15-20(19)27-24(26)23(22)29-21)10-8-7-9-14-30(4)16-25(2,3)17-31;/h12-13,15,21,28-29,31H,5-11,14,16-17H2,1-4H3,(H2,26,27);/p-1. The van der Waals surface area contributed by atoms with Gasteiger partial charge in [0.05, 0.1) is 17.4 Å². The van der Waals surface area contributed by atoms with Crippen LogP contribution in [0.25, 0.3) is 10.9 Å². The van der Waals surface area contributed by atoms with Crippen LogP contribution in [0.5, 0.6) is 0 Å². The summed E-state index contributed by atoms with van der Waals surface area (Å²) in [7, 11) is 2.21. The van der Waals surface area contributed by atoms with Gasteiger partial charge in [-0.25, -0.2) is 4.98 Å². The topological polar surface area (TPSA) is 66.2 Å². The number of pyridine rings is 1. The predicted octanol–water partition coefficient (Wildman–Crippen LogP) is 5.39. The number of aromatic nitrogens is 1. The van der Waals surface area contributed by atoms with Gasteiger partial charge in [0.25, 0.3) is 0 Å². The molecule has 178 valence electrons. The maximum absolute atomic E-state index is 6.28. The van der Waals surface area contributed by atoms with Gasteiger partial charge in [0, 0.05) is 33.0 Å². The molecule has 1 aromatic carbocycles. The molecule has 0 bridgehead atoms. The zero-order valence-corrected chi connectivity index (χ0v) is 23.9. The van der Waals surface area contributed by atoms with Crippen molar-refractivity contribution in [1.82, 2.24) is 9.88 Å². The Morgan fingerprint density at radius 2 is 1.88 bits per heavy atom. The number of nitrogen functional groups attached to an aromatic ring is 1. The quantitative estimate of drug-likeness (QED) is 0.217. The summed E-state index contributed by atoms with van der Waals surface area (Å²) in [5, 5.41) is 8.29. The van der Waals surface area contributed by atoms with Gasteiger partial charge >= 0.3 is 0 Å². The Hall–Kier alpha value is -0.972. The molecule has 1 atom stereocenters. The van der Waals surface area contributed by atoms with E-state index >= 15 is 0 Å². The van der Waals surface area contributed by atoms with Gasteiger partial charge in [0.2, 0.25) is 0 Å². The fraction of sp³-hybridized carbons (Fsp3) is 0.640. The van der Waals surface area contributed by atoms with Gasteiger partial charge in [-0.05, 0) is 62.7 Å². The molecule has 2 heterocycles. The van der Waals surface area contributed by atoms with E-state index in [9.17, 15) is 0 Å². The van der Waals surface area contributed by atoms with Crippen molar-refractivity contribution in [3.05, 3.63) is 23.8 Å². The van der Waals surface area contributed by atoms with Crippen LogP contribution < -0.4 is 16.4 Å². The normalized spacial score (nSPS) is 15.4. The van der Waals surface area contributed by atoms with Crippen molar-refractivity contribution in [2.45, 2.75) is 71.9 Å². The van der Waals surface area contributed by atoms with E-state index < -0.39 is 0 Å². The summed E-state index contributed by atoms with van der Waals surface area (Å²) in [6, 6.07) is 6.67. The predicted molar refractivity (Wildman–Crippen MR) is 138 cm³/mol. The summed E-state index contributed by atoms with van der Waals surface area (Å²) in [5.41, 5.74) is 10.9. The summed E-state index contributed by atoms with van der Waals surface area (Å²) >= 11 is 5.26. The first-order valence-electron chi connectivity index (χ1n) is 11.8. The number of nitrogens with one attached hydrogen (secondary N) is 2. The van der Waals surface area contributed by atoms with Crippen LogP contribution in [0.4, 0.5) is 17.2 Å². The summed E-state index contributed by atoms with van der Waals surface area (Å²) in [4.78, 5) is 7.11. The summed E-state index contributed by atoms with van der Waals surface area (Å²) in [6.45, 7) is 8.93. The van der Waals surface area contributed by atoms with Gasteiger partial charge in [-0.3, -0.25) is 0 Å². The third-order valence-electron chi connectivity index (χ3n) is 6.16. The molecule has 1 aromatic heterocycles. The second-order valence-electron chi connectivity index (χ2n) is 9.94. The van der Waals surface area contributed by atoms with Crippen LogP contribution in [-0.2, 0) is 40.1 Å². The minimum Gasteiger partial charge on any atom is -0.792 e. The van der Waals surface area contributed by atoms with Crippen molar-refractivity contribution in [2.75, 3.05) is 42.3 Å². The molecule has 1 aliphatic rings. The van der Waals surface area contributed by atoms with Gasteiger partial charge in [0.15, 0.2) is 0 Å². The molecule has 7 heteroatoms. The maximum atomic E-state index is 6.28. The smallest absolute Gasteiger partial charge is 0.149 e. The third kappa shape index (κ3) is 7.26. The molecule has 4 N–H and O–H groups in total. The number of unbranched alkanes of at least 4 members (excludes halogenated alkanes) is 3. The molecule has 0 saturated heterocycles. The largest absolute Gasteiger partial charge is 0.792 e. The van der Waals surface area contributed by atoms with Crippen molar-refractivity contribution in [2.24, 2.45) is 5.41 Å². The van der Waals surface area contributed by atoms with Crippen LogP contribution in [0.3, 0.4) is 0 Å². The molecule has 0 spiro atoms. The van der Waals surface area contributed by atoms with Crippen molar-refractivity contribution >= 4 is 40.7 Å². The maximum Gasteiger partial charge on any atom is 0.149 e. The summed E-state index contributed by atoms with van der Waals surface area (Å²) in [6.07, 6.45) is 8.46. The Labute approximate surface area is 214 Å². The number of nitrogens with two attached hydrogens (primary N) is 1. The number of hydrogen-bond acceptors (Lipinski definition) is 6. The number of benzene rings is 1. The Balaban J connectivity index is 0.00000363. The van der Waals surface area contributed by atoms with E-state index in [1.165, 1.54) is 37.7 Å². The molecule has 32 heavy (non-hydrogen) atoms. The molecule has 0 saturated carbocycles. The number of aryl methyl sites for hydroxylation is 1. The molecular formula is C25H40N5SW-. The van der Waals surface area contributed by atoms with Gasteiger partial charge < -0.3 is 33.9 Å². The van der Waals surface area contributed by atoms with Gasteiger partial charge in [-0.2, -0.15) is 5.75 Å². The number of hydrogen-bond donors (Lipinski definition) is 3. The van der Waals surface area contributed by atoms with E-state index in [1.807, 2.05) is 0 Å². The van der Waals surface area contributed by atoms with Gasteiger partial charge in [-0.15, -0.1) is 0 Å². The molecule has 2 aromatic rings. The number of rotatable bonds is 12. The molecule has 0 fully saturated rings. The Morgan fingerprint density at radius 3 is 2.59 bits per heavy atom. The first-order chi connectivity index (χ1) is 14.8. The Kier molecular flexibility index (Phi) is 10.6. The second kappa shape index (κ2) is 12.5. The zero-order valence-electron chi connectivity index (χ0n) is 20.2. The third-order valence-corrected chi connectivity index (χ3v) is 6.94. The SMILES string of the molecule is CCCCC1Nc2c(N)nc3cc(CCCCCN(C)CC(C)(C)C[S-])ccc3c2N1.[W]. The average molecular weight is 627 g/mol. The van der Waals surface area contributed by atoms with E-state index in [-0.39, 0.29) is 32.6 Å². The first kappa shape index (κ1) is 27.3. The second-order valence-corrected chi connectivity index (χ2v) is 10.2. The summed E-state index contributed by atoms with van der Waals surface area (Å²) < 4.78 is 0. The average Bonchev–Trinajstić information content (AvgIpc) is 3.16. The van der Waals surface area contributed by atoms with Crippen molar-refractivity contribution in [1.29, 1.82) is 0 Å². The molecule has 1 unspecified atom stereocenters. The van der Waals surface area contributed by atoms with Crippen molar-refractivity contribution < 1.29 is 21.1 Å². The molecule has 3 rings (SSSR count). The molecule has 0 aliphatic carbocycles. The van der Waals surface area contributed by atoms with Crippen LogP contribution >= 0.6 is 0 Å². The molecule has 1 aliphatic heterocycles. The zero-order chi connectivity index (χ0) is 22.4. The molecular weight excluding hydrogens is 586 g/mol. The van der Waals surface area contributed by atoms with Gasteiger partial charge in [-0.1, -0.05) is 45.7 Å². The summed E-state index contributed by atoms with van der Waals surface area (Å²) in [5.74, 6) is 1.41. The monoisotopic (exact) mass is 626 g/mol. The number of anilines is 3. The number of nitrogens with zero attached hydrogens (tertiary/aromatic N) is 2. The number of fused-ring (bicyclic) bond motifs is 3. The fourth-order valence-corrected chi connectivity index (χ4v) is 4.55. The Morgan fingerprint density at radius 1 is 1.12 bits per heavy atom. The van der Waals surface area contributed by atoms with E-state index in [0.717, 1.165) is 54.0 Å². The molecule has 0 radical (unpaired) electrons. The molecule has 0 amide bonds. The van der Waals surface area contributed by atoms with E-state index in [2.05, 4.69) is 61.6 Å². The minimum absolute atomic E-state index is 0. The van der Waals surface area contributed by atoms with Crippen molar-refractivity contribution in [3.63, 3.8) is 0 Å². The van der Waals surface area contributed by atoms with E-state index in [4.69, 9.17) is 23.3 Å². The fourth-order valence-electron chi connectivity index (χ4n) is 4.46.